The highest BCUT2D eigenvalue weighted by Crippen LogP contribution is 2.61. The third-order valence-corrected chi connectivity index (χ3v) is 10.4. The quantitative estimate of drug-likeness (QED) is 0.558. The summed E-state index contributed by atoms with van der Waals surface area (Å²) in [6.45, 7) is 2.33. The van der Waals surface area contributed by atoms with Gasteiger partial charge in [-0.2, -0.15) is 0 Å². The Hall–Kier alpha value is -3.07. The van der Waals surface area contributed by atoms with E-state index in [4.69, 9.17) is 11.6 Å². The molecule has 9 heteroatoms. The number of aliphatic hydroxyl groups is 1. The van der Waals surface area contributed by atoms with Crippen molar-refractivity contribution >= 4 is 52.5 Å². The molecule has 0 saturated carbocycles. The van der Waals surface area contributed by atoms with Crippen molar-refractivity contribution in [3.05, 3.63) is 83.9 Å². The van der Waals surface area contributed by atoms with Gasteiger partial charge in [-0.05, 0) is 30.7 Å². The Morgan fingerprint density at radius 1 is 0.974 bits per heavy atom. The van der Waals surface area contributed by atoms with Crippen LogP contribution in [0.1, 0.15) is 13.3 Å². The van der Waals surface area contributed by atoms with Crippen molar-refractivity contribution in [3.8, 4) is 0 Å². The van der Waals surface area contributed by atoms with Gasteiger partial charge in [0, 0.05) is 24.0 Å². The number of anilines is 2. The molecule has 1 spiro atoms. The molecule has 4 heterocycles. The van der Waals surface area contributed by atoms with Crippen LogP contribution in [0.5, 0.6) is 0 Å². The normalized spacial score (nSPS) is 30.6. The van der Waals surface area contributed by atoms with Crippen molar-refractivity contribution in [2.45, 2.75) is 35.4 Å². The maximum atomic E-state index is 14.5. The number of rotatable bonds is 5. The van der Waals surface area contributed by atoms with Crippen LogP contribution in [0.15, 0.2) is 78.9 Å². The molecule has 0 bridgehead atoms. The number of likely N-dealkylation sites (tertiary alicyclic amines) is 1. The van der Waals surface area contributed by atoms with Gasteiger partial charge in [-0.15, -0.1) is 11.8 Å². The minimum atomic E-state index is -0.957. The lowest BCUT2D eigenvalue weighted by Gasteiger charge is -2.38. The standard InChI is InChI=1S/C30H30ClN3O4S/c1-2-19(18-35)34-26-29(38)33(22-13-7-6-12-21(22)31)17-9-15-30(26)25(28(34)37)24-23(39-30)14-8-16-32(27(24)36)20-10-4-3-5-11-20/h3-15,19,23-26,35H,2,16-18H2,1H3/t19-,23-,24+,25-,26?,30-/m0/s1. The number of carbonyl (C=O) groups excluding carboxylic acids is 3. The molecule has 0 radical (unpaired) electrons. The molecule has 39 heavy (non-hydrogen) atoms. The van der Waals surface area contributed by atoms with E-state index in [-0.39, 0.29) is 29.6 Å². The van der Waals surface area contributed by atoms with Crippen LogP contribution in [0, 0.1) is 11.8 Å². The summed E-state index contributed by atoms with van der Waals surface area (Å²) in [4.78, 5) is 48.0. The Morgan fingerprint density at radius 2 is 1.69 bits per heavy atom. The minimum Gasteiger partial charge on any atom is -0.394 e. The molecule has 2 saturated heterocycles. The molecule has 7 nitrogen and oxygen atoms in total. The molecular weight excluding hydrogens is 534 g/mol. The van der Waals surface area contributed by atoms with Crippen LogP contribution in [-0.4, -0.2) is 69.5 Å². The van der Waals surface area contributed by atoms with Crippen LogP contribution in [0.4, 0.5) is 11.4 Å². The smallest absolute Gasteiger partial charge is 0.251 e. The first-order valence-corrected chi connectivity index (χ1v) is 14.6. The van der Waals surface area contributed by atoms with Crippen molar-refractivity contribution in [1.29, 1.82) is 0 Å². The van der Waals surface area contributed by atoms with Crippen molar-refractivity contribution in [2.75, 3.05) is 29.5 Å². The van der Waals surface area contributed by atoms with Crippen LogP contribution in [0.2, 0.25) is 5.02 Å². The zero-order valence-electron chi connectivity index (χ0n) is 21.5. The molecule has 3 amide bonds. The van der Waals surface area contributed by atoms with Crippen LogP contribution in [0.25, 0.3) is 0 Å². The summed E-state index contributed by atoms with van der Waals surface area (Å²) >= 11 is 8.05. The Bertz CT molecular complexity index is 1360. The van der Waals surface area contributed by atoms with Crippen molar-refractivity contribution in [2.24, 2.45) is 11.8 Å². The maximum absolute atomic E-state index is 14.5. The van der Waals surface area contributed by atoms with E-state index >= 15 is 0 Å². The Labute approximate surface area is 237 Å². The number of hydrogen-bond donors (Lipinski definition) is 1. The maximum Gasteiger partial charge on any atom is 0.251 e. The highest BCUT2D eigenvalue weighted by Gasteiger charge is 2.71. The molecular formula is C30H30ClN3O4S. The van der Waals surface area contributed by atoms with Gasteiger partial charge in [-0.3, -0.25) is 14.4 Å². The van der Waals surface area contributed by atoms with Gasteiger partial charge in [0.15, 0.2) is 0 Å². The SMILES string of the molecule is CC[C@@H](CO)N1C(=O)[C@@H]2[C@@H]3C(=O)N(c4ccccc4)CC=C[C@@H]3S[C@@]23C=CCN(c2ccccc2Cl)C(=O)C13. The van der Waals surface area contributed by atoms with Gasteiger partial charge < -0.3 is 19.8 Å². The van der Waals surface area contributed by atoms with Crippen molar-refractivity contribution in [3.63, 3.8) is 0 Å². The van der Waals surface area contributed by atoms with Crippen LogP contribution in [0.3, 0.4) is 0 Å². The molecule has 0 aromatic heterocycles. The zero-order chi connectivity index (χ0) is 27.3. The zero-order valence-corrected chi connectivity index (χ0v) is 23.1. The summed E-state index contributed by atoms with van der Waals surface area (Å²) in [7, 11) is 0. The Balaban J connectivity index is 1.48. The lowest BCUT2D eigenvalue weighted by molar-refractivity contribution is -0.141. The van der Waals surface area contributed by atoms with Crippen LogP contribution in [-0.2, 0) is 14.4 Å². The number of halogens is 1. The lowest BCUT2D eigenvalue weighted by atomic mass is 9.78. The molecule has 2 aromatic carbocycles. The average Bonchev–Trinajstić information content (AvgIpc) is 3.26. The second kappa shape index (κ2) is 10.2. The van der Waals surface area contributed by atoms with Gasteiger partial charge >= 0.3 is 0 Å². The van der Waals surface area contributed by atoms with E-state index in [1.807, 2.05) is 73.7 Å². The first-order chi connectivity index (χ1) is 18.9. The monoisotopic (exact) mass is 563 g/mol. The molecule has 202 valence electrons. The molecule has 2 fully saturated rings. The first-order valence-electron chi connectivity index (χ1n) is 13.3. The largest absolute Gasteiger partial charge is 0.394 e. The van der Waals surface area contributed by atoms with E-state index in [0.717, 1.165) is 5.69 Å². The number of carbonyl (C=O) groups is 3. The van der Waals surface area contributed by atoms with Gasteiger partial charge in [0.05, 0.1) is 39.9 Å². The topological polar surface area (TPSA) is 81.2 Å². The van der Waals surface area contributed by atoms with Gasteiger partial charge in [-0.25, -0.2) is 0 Å². The fourth-order valence-corrected chi connectivity index (χ4v) is 8.84. The number of hydrogen-bond acceptors (Lipinski definition) is 5. The summed E-state index contributed by atoms with van der Waals surface area (Å²) in [6.07, 6.45) is 8.39. The molecule has 4 aliphatic rings. The summed E-state index contributed by atoms with van der Waals surface area (Å²) in [5.41, 5.74) is 1.35. The highest BCUT2D eigenvalue weighted by atomic mass is 35.5. The first kappa shape index (κ1) is 26.2. The second-order valence-electron chi connectivity index (χ2n) is 10.3. The van der Waals surface area contributed by atoms with Crippen molar-refractivity contribution in [1.82, 2.24) is 4.90 Å². The Kier molecular flexibility index (Phi) is 6.81. The van der Waals surface area contributed by atoms with Gasteiger partial charge in [0.1, 0.15) is 6.04 Å². The summed E-state index contributed by atoms with van der Waals surface area (Å²) in [6, 6.07) is 15.2. The van der Waals surface area contributed by atoms with E-state index < -0.39 is 28.7 Å². The predicted octanol–water partition coefficient (Wildman–Crippen LogP) is 3.91. The number of aliphatic hydroxyl groups excluding tert-OH is 1. The second-order valence-corrected chi connectivity index (χ2v) is 12.2. The predicted molar refractivity (Wildman–Crippen MR) is 154 cm³/mol. The Morgan fingerprint density at radius 3 is 2.41 bits per heavy atom. The number of amides is 3. The molecule has 1 N–H and O–H groups in total. The van der Waals surface area contributed by atoms with Crippen LogP contribution >= 0.6 is 23.4 Å². The molecule has 6 rings (SSSR count). The van der Waals surface area contributed by atoms with Crippen molar-refractivity contribution < 1.29 is 19.5 Å². The summed E-state index contributed by atoms with van der Waals surface area (Å²) in [5.74, 6) is -2.02. The molecule has 0 aliphatic carbocycles. The minimum absolute atomic E-state index is 0.121. The molecule has 4 aliphatic heterocycles. The molecule has 6 atom stereocenters. The number of para-hydroxylation sites is 2. The van der Waals surface area contributed by atoms with Gasteiger partial charge in [0.25, 0.3) is 5.91 Å². The number of benzene rings is 2. The van der Waals surface area contributed by atoms with E-state index in [2.05, 4.69) is 0 Å². The third kappa shape index (κ3) is 3.95. The summed E-state index contributed by atoms with van der Waals surface area (Å²) in [5, 5.41) is 10.5. The van der Waals surface area contributed by atoms with E-state index in [0.29, 0.717) is 30.2 Å². The average molecular weight is 564 g/mol. The van der Waals surface area contributed by atoms with Gasteiger partial charge in [0.2, 0.25) is 11.8 Å². The number of thioether (sulfide) groups is 1. The van der Waals surface area contributed by atoms with E-state index in [1.165, 1.54) is 11.8 Å². The molecule has 2 aromatic rings. The van der Waals surface area contributed by atoms with E-state index in [1.54, 1.807) is 26.8 Å². The summed E-state index contributed by atoms with van der Waals surface area (Å²) < 4.78 is -0.957. The van der Waals surface area contributed by atoms with Gasteiger partial charge in [-0.1, -0.05) is 73.2 Å². The molecule has 1 unspecified atom stereocenters. The van der Waals surface area contributed by atoms with Crippen LogP contribution < -0.4 is 9.80 Å². The highest BCUT2D eigenvalue weighted by molar-refractivity contribution is 8.02. The number of fused-ring (bicyclic) bond motifs is 2. The third-order valence-electron chi connectivity index (χ3n) is 8.38. The lowest BCUT2D eigenvalue weighted by Crippen LogP contribution is -2.56. The van der Waals surface area contributed by atoms with E-state index in [9.17, 15) is 19.5 Å². The fourth-order valence-electron chi connectivity index (χ4n) is 6.61. The fraction of sp³-hybridized carbons (Fsp3) is 0.367. The number of nitrogens with zero attached hydrogens (tertiary/aromatic N) is 3.